The Morgan fingerprint density at radius 2 is 1.53 bits per heavy atom. The molecule has 7 heteroatoms. The first-order chi connectivity index (χ1) is 15.2. The smallest absolute Gasteiger partial charge is 0.410 e. The van der Waals surface area contributed by atoms with E-state index in [4.69, 9.17) is 4.74 Å². The molecule has 0 aromatic carbocycles. The fourth-order valence-corrected chi connectivity index (χ4v) is 4.83. The van der Waals surface area contributed by atoms with Gasteiger partial charge in [-0.05, 0) is 33.6 Å². The highest BCUT2D eigenvalue weighted by molar-refractivity contribution is 5.94. The summed E-state index contributed by atoms with van der Waals surface area (Å²) in [6, 6.07) is 0.207. The number of aryl methyl sites for hydroxylation is 1. The van der Waals surface area contributed by atoms with Crippen molar-refractivity contribution in [2.75, 3.05) is 6.54 Å². The van der Waals surface area contributed by atoms with E-state index >= 15 is 0 Å². The van der Waals surface area contributed by atoms with E-state index in [9.17, 15) is 9.59 Å². The van der Waals surface area contributed by atoms with Gasteiger partial charge in [0.15, 0.2) is 0 Å². The van der Waals surface area contributed by atoms with E-state index in [1.165, 1.54) is 57.8 Å². The van der Waals surface area contributed by atoms with Crippen molar-refractivity contribution in [2.24, 2.45) is 7.05 Å². The Kier molecular flexibility index (Phi) is 8.60. The van der Waals surface area contributed by atoms with E-state index in [0.717, 1.165) is 24.1 Å². The van der Waals surface area contributed by atoms with Gasteiger partial charge in [-0.15, -0.1) is 0 Å². The van der Waals surface area contributed by atoms with Crippen molar-refractivity contribution in [3.05, 3.63) is 17.0 Å². The summed E-state index contributed by atoms with van der Waals surface area (Å²) >= 11 is 0. The highest BCUT2D eigenvalue weighted by Gasteiger charge is 2.32. The molecule has 3 rings (SSSR count). The third-order valence-corrected chi connectivity index (χ3v) is 6.50. The lowest BCUT2D eigenvalue weighted by molar-refractivity contribution is 0.0222. The fourth-order valence-electron chi connectivity index (χ4n) is 4.83. The minimum Gasteiger partial charge on any atom is -0.444 e. The van der Waals surface area contributed by atoms with Crippen LogP contribution in [-0.2, 0) is 24.8 Å². The van der Waals surface area contributed by atoms with Crippen LogP contribution in [0.3, 0.4) is 0 Å². The van der Waals surface area contributed by atoms with Gasteiger partial charge in [0.25, 0.3) is 5.91 Å². The van der Waals surface area contributed by atoms with Crippen molar-refractivity contribution >= 4 is 12.0 Å². The molecule has 32 heavy (non-hydrogen) atoms. The number of amides is 2. The van der Waals surface area contributed by atoms with Crippen LogP contribution < -0.4 is 5.32 Å². The van der Waals surface area contributed by atoms with Gasteiger partial charge < -0.3 is 15.0 Å². The number of fused-ring (bicyclic) bond motifs is 1. The van der Waals surface area contributed by atoms with Crippen molar-refractivity contribution in [2.45, 2.75) is 116 Å². The first-order valence-electron chi connectivity index (χ1n) is 12.6. The van der Waals surface area contributed by atoms with Gasteiger partial charge in [-0.25, -0.2) is 4.79 Å². The summed E-state index contributed by atoms with van der Waals surface area (Å²) in [5.41, 5.74) is 1.81. The second kappa shape index (κ2) is 11.2. The Balaban J connectivity index is 1.67. The third-order valence-electron chi connectivity index (χ3n) is 6.50. The van der Waals surface area contributed by atoms with Gasteiger partial charge in [-0.3, -0.25) is 9.48 Å². The maximum atomic E-state index is 13.3. The van der Waals surface area contributed by atoms with Gasteiger partial charge in [-0.2, -0.15) is 5.10 Å². The summed E-state index contributed by atoms with van der Waals surface area (Å²) in [5, 5.41) is 7.91. The standard InChI is InChI=1S/C25H42N4O3/c1-25(2,3)32-24(31)29-17-16-21-20(18-29)22(28(4)27-21)23(30)26-19-14-12-10-8-6-5-7-9-11-13-15-19/h19H,5-18H2,1-4H3,(H,26,30). The highest BCUT2D eigenvalue weighted by atomic mass is 16.6. The number of hydrogen-bond donors (Lipinski definition) is 1. The first kappa shape index (κ1) is 24.6. The van der Waals surface area contributed by atoms with Gasteiger partial charge in [0, 0.05) is 31.6 Å². The Hall–Kier alpha value is -2.05. The summed E-state index contributed by atoms with van der Waals surface area (Å²) in [6.07, 6.45) is 13.9. The molecule has 0 spiro atoms. The van der Waals surface area contributed by atoms with E-state index < -0.39 is 5.60 Å². The van der Waals surface area contributed by atoms with Gasteiger partial charge in [0.1, 0.15) is 11.3 Å². The van der Waals surface area contributed by atoms with Crippen LogP contribution in [-0.4, -0.2) is 44.9 Å². The molecule has 1 saturated carbocycles. The molecule has 1 fully saturated rings. The predicted molar refractivity (Wildman–Crippen MR) is 126 cm³/mol. The Bertz CT molecular complexity index is 769. The predicted octanol–water partition coefficient (Wildman–Crippen LogP) is 5.12. The normalized spacial score (nSPS) is 19.4. The molecule has 2 aliphatic rings. The molecule has 7 nitrogen and oxygen atoms in total. The molecule has 0 saturated heterocycles. The monoisotopic (exact) mass is 446 g/mol. The molecule has 1 aromatic heterocycles. The maximum Gasteiger partial charge on any atom is 0.410 e. The van der Waals surface area contributed by atoms with Gasteiger partial charge >= 0.3 is 6.09 Å². The van der Waals surface area contributed by atoms with Gasteiger partial charge in [0.05, 0.1) is 12.2 Å². The molecule has 2 heterocycles. The van der Waals surface area contributed by atoms with Crippen LogP contribution in [0.25, 0.3) is 0 Å². The molecule has 0 bridgehead atoms. The minimum absolute atomic E-state index is 0.0654. The number of carbonyl (C=O) groups excluding carboxylic acids is 2. The van der Waals surface area contributed by atoms with E-state index in [2.05, 4.69) is 10.4 Å². The van der Waals surface area contributed by atoms with E-state index in [-0.39, 0.29) is 18.0 Å². The van der Waals surface area contributed by atoms with Crippen molar-refractivity contribution in [1.29, 1.82) is 0 Å². The Morgan fingerprint density at radius 1 is 0.969 bits per heavy atom. The second-order valence-corrected chi connectivity index (χ2v) is 10.5. The van der Waals surface area contributed by atoms with Gasteiger partial charge in [0.2, 0.25) is 0 Å². The Morgan fingerprint density at radius 3 is 2.09 bits per heavy atom. The quantitative estimate of drug-likeness (QED) is 0.684. The zero-order chi connectivity index (χ0) is 23.1. The van der Waals surface area contributed by atoms with Crippen LogP contribution in [0.4, 0.5) is 4.79 Å². The van der Waals surface area contributed by atoms with E-state index in [0.29, 0.717) is 25.2 Å². The molecule has 0 radical (unpaired) electrons. The lowest BCUT2D eigenvalue weighted by atomic mass is 9.97. The molecular weight excluding hydrogens is 404 g/mol. The first-order valence-corrected chi connectivity index (χ1v) is 12.6. The van der Waals surface area contributed by atoms with Crippen molar-refractivity contribution in [1.82, 2.24) is 20.0 Å². The summed E-state index contributed by atoms with van der Waals surface area (Å²) in [7, 11) is 1.83. The summed E-state index contributed by atoms with van der Waals surface area (Å²) in [4.78, 5) is 27.6. The number of nitrogens with zero attached hydrogens (tertiary/aromatic N) is 3. The lowest BCUT2D eigenvalue weighted by Crippen LogP contribution is -2.41. The summed E-state index contributed by atoms with van der Waals surface area (Å²) in [5.74, 6) is -0.0654. The molecule has 1 aliphatic carbocycles. The third kappa shape index (κ3) is 6.97. The number of carbonyl (C=O) groups is 2. The molecular formula is C25H42N4O3. The average Bonchev–Trinajstić information content (AvgIpc) is 3.03. The zero-order valence-electron chi connectivity index (χ0n) is 20.5. The van der Waals surface area contributed by atoms with Crippen LogP contribution >= 0.6 is 0 Å². The highest BCUT2D eigenvalue weighted by Crippen LogP contribution is 2.24. The second-order valence-electron chi connectivity index (χ2n) is 10.5. The lowest BCUT2D eigenvalue weighted by Gasteiger charge is -2.30. The number of aromatic nitrogens is 2. The maximum absolute atomic E-state index is 13.3. The zero-order valence-corrected chi connectivity index (χ0v) is 20.5. The van der Waals surface area contributed by atoms with Crippen molar-refractivity contribution in [3.8, 4) is 0 Å². The number of ether oxygens (including phenoxy) is 1. The van der Waals surface area contributed by atoms with E-state index in [1.54, 1.807) is 9.58 Å². The summed E-state index contributed by atoms with van der Waals surface area (Å²) < 4.78 is 7.24. The SMILES string of the molecule is Cn1nc2c(c1C(=O)NC1CCCCCCCCCCC1)CN(C(=O)OC(C)(C)C)CC2. The Labute approximate surface area is 193 Å². The topological polar surface area (TPSA) is 76.5 Å². The van der Waals surface area contributed by atoms with Crippen molar-refractivity contribution < 1.29 is 14.3 Å². The molecule has 2 amide bonds. The van der Waals surface area contributed by atoms with Crippen LogP contribution in [0.5, 0.6) is 0 Å². The van der Waals surface area contributed by atoms with Crippen LogP contribution in [0.15, 0.2) is 0 Å². The van der Waals surface area contributed by atoms with Crippen LogP contribution in [0.1, 0.15) is 113 Å². The van der Waals surface area contributed by atoms with E-state index in [1.807, 2.05) is 27.8 Å². The fraction of sp³-hybridized carbons (Fsp3) is 0.800. The average molecular weight is 447 g/mol. The molecule has 1 aliphatic heterocycles. The molecule has 1 N–H and O–H groups in total. The van der Waals surface area contributed by atoms with Gasteiger partial charge in [-0.1, -0.05) is 57.8 Å². The number of rotatable bonds is 2. The summed E-state index contributed by atoms with van der Waals surface area (Å²) in [6.45, 7) is 6.53. The minimum atomic E-state index is -0.541. The number of nitrogens with one attached hydrogen (secondary N) is 1. The van der Waals surface area contributed by atoms with Crippen molar-refractivity contribution in [3.63, 3.8) is 0 Å². The molecule has 0 atom stereocenters. The largest absolute Gasteiger partial charge is 0.444 e. The molecule has 1 aromatic rings. The van der Waals surface area contributed by atoms with Crippen LogP contribution in [0, 0.1) is 0 Å². The molecule has 180 valence electrons. The molecule has 0 unspecified atom stereocenters. The number of hydrogen-bond acceptors (Lipinski definition) is 4. The van der Waals surface area contributed by atoms with Crippen LogP contribution in [0.2, 0.25) is 0 Å².